The highest BCUT2D eigenvalue weighted by Gasteiger charge is 2.21. The zero-order valence-corrected chi connectivity index (χ0v) is 13.3. The van der Waals surface area contributed by atoms with E-state index >= 15 is 0 Å². The van der Waals surface area contributed by atoms with Crippen LogP contribution in [0.1, 0.15) is 21.6 Å². The van der Waals surface area contributed by atoms with Crippen molar-refractivity contribution in [1.29, 1.82) is 0 Å². The normalized spacial score (nSPS) is 11.0. The van der Waals surface area contributed by atoms with Crippen molar-refractivity contribution in [3.8, 4) is 10.6 Å². The molecule has 118 valence electrons. The highest BCUT2D eigenvalue weighted by Crippen LogP contribution is 2.30. The number of hydrogen-bond acceptors (Lipinski definition) is 5. The van der Waals surface area contributed by atoms with Gasteiger partial charge in [-0.1, -0.05) is 41.6 Å². The van der Waals surface area contributed by atoms with E-state index in [0.717, 1.165) is 10.4 Å². The molecule has 0 bridgehead atoms. The van der Waals surface area contributed by atoms with Gasteiger partial charge < -0.3 is 9.63 Å². The largest absolute Gasteiger partial charge is 0.478 e. The number of hydrogen-bond donors (Lipinski definition) is 1. The van der Waals surface area contributed by atoms with Gasteiger partial charge in [-0.2, -0.15) is 0 Å². The van der Waals surface area contributed by atoms with Crippen LogP contribution in [0.2, 0.25) is 0 Å². The topological polar surface area (TPSA) is 76.2 Å². The maximum absolute atomic E-state index is 11.7. The quantitative estimate of drug-likeness (QED) is 0.603. The van der Waals surface area contributed by atoms with Gasteiger partial charge in [0.15, 0.2) is 0 Å². The molecule has 0 aliphatic rings. The molecule has 0 amide bonds. The molecule has 24 heavy (non-hydrogen) atoms. The molecule has 0 aliphatic carbocycles. The summed E-state index contributed by atoms with van der Waals surface area (Å²) in [6.07, 6.45) is 0.494. The van der Waals surface area contributed by atoms with Crippen LogP contribution in [0, 0.1) is 0 Å². The number of thiophene rings is 1. The lowest BCUT2D eigenvalue weighted by atomic mass is 10.0. The number of aromatic carboxylic acids is 1. The van der Waals surface area contributed by atoms with E-state index in [-0.39, 0.29) is 11.3 Å². The summed E-state index contributed by atoms with van der Waals surface area (Å²) in [4.78, 5) is 17.1. The van der Waals surface area contributed by atoms with Gasteiger partial charge >= 0.3 is 5.97 Å². The summed E-state index contributed by atoms with van der Waals surface area (Å²) in [7, 11) is 0. The van der Waals surface area contributed by atoms with Gasteiger partial charge in [-0.25, -0.2) is 9.78 Å². The van der Waals surface area contributed by atoms with Crippen LogP contribution in [0.25, 0.3) is 21.7 Å². The molecule has 0 saturated heterocycles. The molecule has 1 aromatic carbocycles. The Balaban J connectivity index is 1.87. The SMILES string of the molecule is O=C(O)c1cc(-c2cccs2)nc2onc(Cc3ccccc3)c12. The lowest BCUT2D eigenvalue weighted by Gasteiger charge is -2.03. The van der Waals surface area contributed by atoms with Crippen molar-refractivity contribution < 1.29 is 14.4 Å². The van der Waals surface area contributed by atoms with E-state index in [2.05, 4.69) is 10.1 Å². The van der Waals surface area contributed by atoms with Gasteiger partial charge in [0, 0.05) is 6.42 Å². The Hall–Kier alpha value is -2.99. The van der Waals surface area contributed by atoms with Gasteiger partial charge in [0.25, 0.3) is 5.71 Å². The van der Waals surface area contributed by atoms with Gasteiger partial charge in [0.1, 0.15) is 0 Å². The van der Waals surface area contributed by atoms with Crippen LogP contribution in [0.4, 0.5) is 0 Å². The fraction of sp³-hybridized carbons (Fsp3) is 0.0556. The second-order valence-electron chi connectivity index (χ2n) is 5.31. The molecule has 3 heterocycles. The molecule has 6 heteroatoms. The van der Waals surface area contributed by atoms with Crippen molar-refractivity contribution in [3.63, 3.8) is 0 Å². The van der Waals surface area contributed by atoms with Gasteiger partial charge in [-0.15, -0.1) is 11.3 Å². The summed E-state index contributed by atoms with van der Waals surface area (Å²) >= 11 is 1.50. The molecule has 1 N–H and O–H groups in total. The lowest BCUT2D eigenvalue weighted by Crippen LogP contribution is -2.01. The molecule has 5 nitrogen and oxygen atoms in total. The number of carbonyl (C=O) groups is 1. The van der Waals surface area contributed by atoms with Crippen LogP contribution in [-0.2, 0) is 6.42 Å². The number of pyridine rings is 1. The molecule has 0 aliphatic heterocycles. The number of aromatic nitrogens is 2. The van der Waals surface area contributed by atoms with Gasteiger partial charge in [0.2, 0.25) is 0 Å². The predicted octanol–water partition coefficient (Wildman–Crippen LogP) is 4.24. The van der Waals surface area contributed by atoms with Gasteiger partial charge in [0.05, 0.1) is 27.2 Å². The monoisotopic (exact) mass is 336 g/mol. The van der Waals surface area contributed by atoms with E-state index in [4.69, 9.17) is 4.52 Å². The van der Waals surface area contributed by atoms with Gasteiger partial charge in [-0.05, 0) is 23.1 Å². The minimum atomic E-state index is -1.02. The van der Waals surface area contributed by atoms with E-state index in [1.807, 2.05) is 47.8 Å². The van der Waals surface area contributed by atoms with Crippen molar-refractivity contribution in [3.05, 3.63) is 70.7 Å². The first-order valence-corrected chi connectivity index (χ1v) is 8.21. The minimum Gasteiger partial charge on any atom is -0.478 e. The number of nitrogens with zero attached hydrogens (tertiary/aromatic N) is 2. The third kappa shape index (κ3) is 2.57. The summed E-state index contributed by atoms with van der Waals surface area (Å²) in [5.74, 6) is -1.02. The van der Waals surface area contributed by atoms with Crippen molar-refractivity contribution in [2.45, 2.75) is 6.42 Å². The average Bonchev–Trinajstić information content (AvgIpc) is 3.25. The molecule has 4 rings (SSSR count). The molecule has 0 unspecified atom stereocenters. The first-order chi connectivity index (χ1) is 11.7. The van der Waals surface area contributed by atoms with Crippen LogP contribution in [-0.4, -0.2) is 21.2 Å². The Morgan fingerprint density at radius 2 is 2.00 bits per heavy atom. The van der Waals surface area contributed by atoms with E-state index < -0.39 is 5.97 Å². The number of carboxylic acids is 1. The van der Waals surface area contributed by atoms with E-state index in [1.54, 1.807) is 6.07 Å². The molecular formula is C18H12N2O3S. The van der Waals surface area contributed by atoms with Crippen molar-refractivity contribution in [2.75, 3.05) is 0 Å². The Labute approximate surface area is 141 Å². The smallest absolute Gasteiger partial charge is 0.336 e. The van der Waals surface area contributed by atoms with Gasteiger partial charge in [-0.3, -0.25) is 0 Å². The number of rotatable bonds is 4. The summed E-state index contributed by atoms with van der Waals surface area (Å²) in [5.41, 5.74) is 2.61. The van der Waals surface area contributed by atoms with Crippen LogP contribution < -0.4 is 0 Å². The summed E-state index contributed by atoms with van der Waals surface area (Å²) in [6, 6.07) is 15.1. The number of carboxylic acid groups (broad SMARTS) is 1. The molecule has 4 aromatic rings. The predicted molar refractivity (Wildman–Crippen MR) is 91.3 cm³/mol. The molecule has 0 fully saturated rings. The molecule has 0 saturated carbocycles. The van der Waals surface area contributed by atoms with E-state index in [9.17, 15) is 9.90 Å². The third-order valence-corrected chi connectivity index (χ3v) is 4.63. The molecule has 0 atom stereocenters. The molecule has 3 aromatic heterocycles. The molecule has 0 spiro atoms. The van der Waals surface area contributed by atoms with E-state index in [1.165, 1.54) is 11.3 Å². The Morgan fingerprint density at radius 1 is 1.17 bits per heavy atom. The van der Waals surface area contributed by atoms with Crippen LogP contribution >= 0.6 is 11.3 Å². The average molecular weight is 336 g/mol. The lowest BCUT2D eigenvalue weighted by molar-refractivity contribution is 0.0699. The molecular weight excluding hydrogens is 324 g/mol. The van der Waals surface area contributed by atoms with Crippen LogP contribution in [0.15, 0.2) is 58.4 Å². The summed E-state index contributed by atoms with van der Waals surface area (Å²) in [5, 5.41) is 16.1. The third-order valence-electron chi connectivity index (χ3n) is 3.74. The fourth-order valence-corrected chi connectivity index (χ4v) is 3.33. The highest BCUT2D eigenvalue weighted by atomic mass is 32.1. The standard InChI is InChI=1S/C18H12N2O3S/c21-18(22)12-10-13(15-7-4-8-24-15)19-17-16(12)14(20-23-17)9-11-5-2-1-3-6-11/h1-8,10H,9H2,(H,21,22). The van der Waals surface area contributed by atoms with Crippen molar-refractivity contribution >= 4 is 28.4 Å². The van der Waals surface area contributed by atoms with E-state index in [0.29, 0.717) is 23.2 Å². The Morgan fingerprint density at radius 3 is 2.71 bits per heavy atom. The van der Waals surface area contributed by atoms with Crippen molar-refractivity contribution in [1.82, 2.24) is 10.1 Å². The maximum Gasteiger partial charge on any atom is 0.336 e. The zero-order valence-electron chi connectivity index (χ0n) is 12.5. The number of benzene rings is 1. The second-order valence-corrected chi connectivity index (χ2v) is 6.26. The minimum absolute atomic E-state index is 0.163. The first kappa shape index (κ1) is 14.6. The maximum atomic E-state index is 11.7. The zero-order chi connectivity index (χ0) is 16.5. The molecule has 0 radical (unpaired) electrons. The second kappa shape index (κ2) is 5.90. The summed E-state index contributed by atoms with van der Waals surface area (Å²) in [6.45, 7) is 0. The number of fused-ring (bicyclic) bond motifs is 1. The Bertz CT molecular complexity index is 1010. The first-order valence-electron chi connectivity index (χ1n) is 7.33. The summed E-state index contributed by atoms with van der Waals surface area (Å²) < 4.78 is 5.33. The van der Waals surface area contributed by atoms with Crippen LogP contribution in [0.3, 0.4) is 0 Å². The fourth-order valence-electron chi connectivity index (χ4n) is 2.64. The van der Waals surface area contributed by atoms with Crippen molar-refractivity contribution in [2.24, 2.45) is 0 Å². The van der Waals surface area contributed by atoms with Crippen LogP contribution in [0.5, 0.6) is 0 Å². The highest BCUT2D eigenvalue weighted by molar-refractivity contribution is 7.13. The Kier molecular flexibility index (Phi) is 3.59.